The topological polar surface area (TPSA) is 92.8 Å². The van der Waals surface area contributed by atoms with Crippen molar-refractivity contribution in [3.8, 4) is 0 Å². The number of esters is 1. The van der Waals surface area contributed by atoms with E-state index in [-0.39, 0.29) is 45.5 Å². The van der Waals surface area contributed by atoms with E-state index in [1.165, 1.54) is 37.5 Å². The van der Waals surface area contributed by atoms with Crippen LogP contribution in [0.1, 0.15) is 69.6 Å². The number of imide groups is 1. The molecule has 0 radical (unpaired) electrons. The molecule has 3 amide bonds. The molecule has 0 saturated heterocycles. The van der Waals surface area contributed by atoms with Crippen molar-refractivity contribution in [1.82, 2.24) is 5.32 Å². The zero-order valence-electron chi connectivity index (χ0n) is 19.1. The third-order valence-corrected chi connectivity index (χ3v) is 8.31. The minimum absolute atomic E-state index is 0.0994. The first-order valence-electron chi connectivity index (χ1n) is 12.1. The van der Waals surface area contributed by atoms with Crippen LogP contribution < -0.4 is 10.2 Å². The molecule has 180 valence electrons. The highest BCUT2D eigenvalue weighted by Gasteiger charge is 2.51. The normalized spacial score (nSPS) is 28.3. The fourth-order valence-electron chi connectivity index (χ4n) is 7.03. The van der Waals surface area contributed by atoms with E-state index in [0.717, 1.165) is 24.2 Å². The number of para-hydroxylation sites is 1. The van der Waals surface area contributed by atoms with Crippen LogP contribution in [0.25, 0.3) is 0 Å². The SMILES string of the molecule is O=C(COC(=O)c1ccc2c(c1)C(=O)N(c1ccccc1Cl)C2=O)NC12CC3CC(CC(C3)C1)C2. The molecule has 2 aromatic rings. The Kier molecular flexibility index (Phi) is 5.22. The second-order valence-corrected chi connectivity index (χ2v) is 10.9. The molecule has 4 fully saturated rings. The number of rotatable bonds is 5. The van der Waals surface area contributed by atoms with E-state index in [9.17, 15) is 19.2 Å². The number of ether oxygens (including phenoxy) is 1. The number of carbonyl (C=O) groups excluding carboxylic acids is 4. The number of nitrogens with zero attached hydrogens (tertiary/aromatic N) is 1. The smallest absolute Gasteiger partial charge is 0.338 e. The van der Waals surface area contributed by atoms with Crippen molar-refractivity contribution in [1.29, 1.82) is 0 Å². The van der Waals surface area contributed by atoms with E-state index < -0.39 is 17.8 Å². The van der Waals surface area contributed by atoms with E-state index >= 15 is 0 Å². The third kappa shape index (κ3) is 3.82. The molecule has 1 heterocycles. The van der Waals surface area contributed by atoms with Gasteiger partial charge in [0, 0.05) is 5.54 Å². The van der Waals surface area contributed by atoms with Crippen LogP contribution >= 0.6 is 11.6 Å². The first kappa shape index (κ1) is 22.3. The molecule has 4 aliphatic carbocycles. The predicted octanol–water partition coefficient (Wildman–Crippen LogP) is 4.38. The van der Waals surface area contributed by atoms with Gasteiger partial charge in [0.2, 0.25) is 0 Å². The van der Waals surface area contributed by atoms with Crippen LogP contribution in [0, 0.1) is 17.8 Å². The van der Waals surface area contributed by atoms with Crippen molar-refractivity contribution < 1.29 is 23.9 Å². The van der Waals surface area contributed by atoms with Crippen LogP contribution in [0.2, 0.25) is 5.02 Å². The van der Waals surface area contributed by atoms with Crippen LogP contribution in [0.15, 0.2) is 42.5 Å². The predicted molar refractivity (Wildman–Crippen MR) is 128 cm³/mol. The van der Waals surface area contributed by atoms with Crippen molar-refractivity contribution in [2.75, 3.05) is 11.5 Å². The van der Waals surface area contributed by atoms with Gasteiger partial charge in [-0.2, -0.15) is 0 Å². The fraction of sp³-hybridized carbons (Fsp3) is 0.407. The van der Waals surface area contributed by atoms with Gasteiger partial charge >= 0.3 is 5.97 Å². The number of fused-ring (bicyclic) bond motifs is 1. The molecule has 2 aromatic carbocycles. The molecule has 1 N–H and O–H groups in total. The Balaban J connectivity index is 1.12. The summed E-state index contributed by atoms with van der Waals surface area (Å²) in [5.74, 6) is 0.00562. The van der Waals surface area contributed by atoms with Crippen LogP contribution in [0.5, 0.6) is 0 Å². The molecule has 5 aliphatic rings. The first-order valence-corrected chi connectivity index (χ1v) is 12.5. The molecule has 4 saturated carbocycles. The summed E-state index contributed by atoms with van der Waals surface area (Å²) in [5.41, 5.74) is 0.522. The molecule has 35 heavy (non-hydrogen) atoms. The van der Waals surface area contributed by atoms with Crippen LogP contribution in [-0.2, 0) is 9.53 Å². The molecule has 1 aliphatic heterocycles. The monoisotopic (exact) mass is 492 g/mol. The van der Waals surface area contributed by atoms with Gasteiger partial charge in [-0.3, -0.25) is 14.4 Å². The molecule has 0 atom stereocenters. The number of halogens is 1. The maximum Gasteiger partial charge on any atom is 0.338 e. The molecule has 4 bridgehead atoms. The minimum atomic E-state index is -0.718. The Bertz CT molecular complexity index is 1240. The van der Waals surface area contributed by atoms with Gasteiger partial charge in [0.05, 0.1) is 27.4 Å². The summed E-state index contributed by atoms with van der Waals surface area (Å²) in [6, 6.07) is 10.8. The Labute approximate surface area is 207 Å². The van der Waals surface area contributed by atoms with Crippen LogP contribution in [0.4, 0.5) is 5.69 Å². The molecule has 7 rings (SSSR count). The molecule has 7 nitrogen and oxygen atoms in total. The third-order valence-electron chi connectivity index (χ3n) is 7.99. The Morgan fingerprint density at radius 1 is 0.943 bits per heavy atom. The summed E-state index contributed by atoms with van der Waals surface area (Å²) < 4.78 is 5.27. The summed E-state index contributed by atoms with van der Waals surface area (Å²) in [6.07, 6.45) is 6.87. The lowest BCUT2D eigenvalue weighted by molar-refractivity contribution is -0.130. The maximum atomic E-state index is 13.0. The summed E-state index contributed by atoms with van der Waals surface area (Å²) in [6.45, 7) is -0.379. The number of hydrogen-bond donors (Lipinski definition) is 1. The van der Waals surface area contributed by atoms with Gasteiger partial charge in [0.1, 0.15) is 0 Å². The number of amides is 3. The highest BCUT2D eigenvalue weighted by atomic mass is 35.5. The highest BCUT2D eigenvalue weighted by Crippen LogP contribution is 2.55. The number of benzene rings is 2. The molecule has 0 aromatic heterocycles. The summed E-state index contributed by atoms with van der Waals surface area (Å²) in [5, 5.41) is 3.45. The average molecular weight is 493 g/mol. The number of anilines is 1. The second-order valence-electron chi connectivity index (χ2n) is 10.5. The standard InChI is InChI=1S/C27H25ClN2O5/c28-21-3-1-2-4-22(21)30-24(32)19-6-5-18(10-20(19)25(30)33)26(34)35-14-23(31)29-27-11-15-7-16(12-27)9-17(8-15)13-27/h1-6,10,15-17H,7-9,11-14H2,(H,29,31). The van der Waals surface area contributed by atoms with E-state index in [1.807, 2.05) is 0 Å². The number of nitrogens with one attached hydrogen (secondary N) is 1. The van der Waals surface area contributed by atoms with Gasteiger partial charge in [0.25, 0.3) is 17.7 Å². The van der Waals surface area contributed by atoms with E-state index in [2.05, 4.69) is 5.32 Å². The van der Waals surface area contributed by atoms with Crippen molar-refractivity contribution in [2.24, 2.45) is 17.8 Å². The van der Waals surface area contributed by atoms with Crippen molar-refractivity contribution in [3.63, 3.8) is 0 Å². The lowest BCUT2D eigenvalue weighted by Gasteiger charge is -2.56. The minimum Gasteiger partial charge on any atom is -0.452 e. The van der Waals surface area contributed by atoms with E-state index in [1.54, 1.807) is 24.3 Å². The van der Waals surface area contributed by atoms with Gasteiger partial charge in [-0.15, -0.1) is 0 Å². The summed E-state index contributed by atoms with van der Waals surface area (Å²) >= 11 is 6.18. The fourth-order valence-corrected chi connectivity index (χ4v) is 7.25. The molecular weight excluding hydrogens is 468 g/mol. The quantitative estimate of drug-likeness (QED) is 0.494. The lowest BCUT2D eigenvalue weighted by Crippen LogP contribution is -2.60. The molecule has 0 unspecified atom stereocenters. The maximum absolute atomic E-state index is 13.0. The van der Waals surface area contributed by atoms with Gasteiger partial charge in [-0.25, -0.2) is 9.69 Å². The van der Waals surface area contributed by atoms with Crippen molar-refractivity contribution >= 4 is 41.0 Å². The summed E-state index contributed by atoms with van der Waals surface area (Å²) in [7, 11) is 0. The number of carbonyl (C=O) groups is 4. The molecular formula is C27H25ClN2O5. The van der Waals surface area contributed by atoms with Gasteiger partial charge < -0.3 is 10.1 Å². The Morgan fingerprint density at radius 3 is 2.23 bits per heavy atom. The van der Waals surface area contributed by atoms with Crippen LogP contribution in [0.3, 0.4) is 0 Å². The Hall–Kier alpha value is -3.19. The van der Waals surface area contributed by atoms with E-state index in [4.69, 9.17) is 16.3 Å². The second kappa shape index (κ2) is 8.19. The zero-order chi connectivity index (χ0) is 24.3. The van der Waals surface area contributed by atoms with Gasteiger partial charge in [-0.05, 0) is 86.6 Å². The van der Waals surface area contributed by atoms with Gasteiger partial charge in [-0.1, -0.05) is 23.7 Å². The largest absolute Gasteiger partial charge is 0.452 e. The summed E-state index contributed by atoms with van der Waals surface area (Å²) in [4.78, 5) is 52.2. The molecule has 8 heteroatoms. The van der Waals surface area contributed by atoms with E-state index in [0.29, 0.717) is 17.8 Å². The van der Waals surface area contributed by atoms with Crippen molar-refractivity contribution in [3.05, 3.63) is 64.2 Å². The van der Waals surface area contributed by atoms with Crippen LogP contribution in [-0.4, -0.2) is 35.8 Å². The highest BCUT2D eigenvalue weighted by molar-refractivity contribution is 6.39. The average Bonchev–Trinajstić information content (AvgIpc) is 3.06. The molecule has 0 spiro atoms. The number of hydrogen-bond acceptors (Lipinski definition) is 5. The Morgan fingerprint density at radius 2 is 1.57 bits per heavy atom. The lowest BCUT2D eigenvalue weighted by atomic mass is 9.53. The zero-order valence-corrected chi connectivity index (χ0v) is 19.8. The van der Waals surface area contributed by atoms with Gasteiger partial charge in [0.15, 0.2) is 6.61 Å². The van der Waals surface area contributed by atoms with Crippen molar-refractivity contribution in [2.45, 2.75) is 44.1 Å². The first-order chi connectivity index (χ1) is 16.8.